The first-order valence-electron chi connectivity index (χ1n) is 8.87. The molecule has 1 saturated heterocycles. The van der Waals surface area contributed by atoms with Gasteiger partial charge in [0, 0.05) is 17.7 Å². The molecule has 0 bridgehead atoms. The second-order valence-electron chi connectivity index (χ2n) is 6.58. The molecule has 154 valence electrons. The van der Waals surface area contributed by atoms with Gasteiger partial charge in [0.2, 0.25) is 0 Å². The van der Waals surface area contributed by atoms with Crippen LogP contribution in [0.4, 0.5) is 20.3 Å². The molecule has 2 N–H and O–H groups in total. The quantitative estimate of drug-likeness (QED) is 0.348. The Labute approximate surface area is 174 Å². The van der Waals surface area contributed by atoms with Crippen LogP contribution in [0.1, 0.15) is 0 Å². The number of hydrogen-bond donors (Lipinski definition) is 2. The molecule has 1 aliphatic rings. The number of ether oxygens (including phenoxy) is 1. The van der Waals surface area contributed by atoms with Crippen molar-refractivity contribution in [2.45, 2.75) is 6.10 Å². The zero-order chi connectivity index (χ0) is 21.3. The van der Waals surface area contributed by atoms with Crippen molar-refractivity contribution in [3.05, 3.63) is 59.5 Å². The highest BCUT2D eigenvalue weighted by atomic mass is 35.5. The topological polar surface area (TPSA) is 87.6 Å². The Morgan fingerprint density at radius 3 is 2.83 bits per heavy atom. The van der Waals surface area contributed by atoms with E-state index in [0.29, 0.717) is 30.3 Å². The Morgan fingerprint density at radius 1 is 1.27 bits per heavy atom. The van der Waals surface area contributed by atoms with E-state index in [-0.39, 0.29) is 29.1 Å². The Morgan fingerprint density at radius 2 is 2.07 bits per heavy atom. The van der Waals surface area contributed by atoms with E-state index in [2.05, 4.69) is 15.3 Å². The summed E-state index contributed by atoms with van der Waals surface area (Å²) in [4.78, 5) is 20.5. The number of carbonyl (C=O) groups excluding carboxylic acids is 1. The molecule has 0 aliphatic carbocycles. The van der Waals surface area contributed by atoms with Gasteiger partial charge in [0.25, 0.3) is 0 Å². The van der Waals surface area contributed by atoms with Crippen LogP contribution in [0.5, 0.6) is 11.5 Å². The summed E-state index contributed by atoms with van der Waals surface area (Å²) in [5, 5.41) is 12.9. The minimum atomic E-state index is -0.948. The standard InChI is InChI=1S/C20H15ClF2N4O3/c21-18-13(22)2-3-14(19(18)23)26-20-12-6-17(16(29)7-15(12)24-10-25-20)30-11-8-27(9-11)4-1-5-28/h1-7,10-11,29H,8-9H2,(H,24,25,26). The highest BCUT2D eigenvalue weighted by molar-refractivity contribution is 6.31. The van der Waals surface area contributed by atoms with Crippen molar-refractivity contribution in [3.8, 4) is 11.5 Å². The summed E-state index contributed by atoms with van der Waals surface area (Å²) in [7, 11) is 0. The molecule has 4 rings (SSSR count). The van der Waals surface area contributed by atoms with Crippen LogP contribution in [0.15, 0.2) is 42.9 Å². The molecule has 0 unspecified atom stereocenters. The van der Waals surface area contributed by atoms with Crippen molar-refractivity contribution in [2.24, 2.45) is 0 Å². The average Bonchev–Trinajstić information content (AvgIpc) is 2.70. The van der Waals surface area contributed by atoms with Gasteiger partial charge in [-0.25, -0.2) is 18.7 Å². The van der Waals surface area contributed by atoms with Crippen molar-refractivity contribution >= 4 is 40.3 Å². The van der Waals surface area contributed by atoms with E-state index in [9.17, 15) is 18.7 Å². The van der Waals surface area contributed by atoms with E-state index in [0.717, 1.165) is 6.07 Å². The van der Waals surface area contributed by atoms with Crippen LogP contribution in [-0.2, 0) is 4.79 Å². The molecule has 2 heterocycles. The molecule has 0 atom stereocenters. The average molecular weight is 433 g/mol. The summed E-state index contributed by atoms with van der Waals surface area (Å²) in [6.07, 6.45) is 4.80. The predicted molar refractivity (Wildman–Crippen MR) is 107 cm³/mol. The molecular formula is C20H15ClF2N4O3. The zero-order valence-electron chi connectivity index (χ0n) is 15.3. The third-order valence-electron chi connectivity index (χ3n) is 4.55. The van der Waals surface area contributed by atoms with E-state index < -0.39 is 16.7 Å². The van der Waals surface area contributed by atoms with Crippen molar-refractivity contribution in [1.29, 1.82) is 0 Å². The van der Waals surface area contributed by atoms with Crippen molar-refractivity contribution in [2.75, 3.05) is 18.4 Å². The third kappa shape index (κ3) is 3.84. The van der Waals surface area contributed by atoms with E-state index in [1.54, 1.807) is 12.3 Å². The van der Waals surface area contributed by atoms with E-state index in [1.807, 2.05) is 4.90 Å². The summed E-state index contributed by atoms with van der Waals surface area (Å²) in [5.41, 5.74) is 0.337. The van der Waals surface area contributed by atoms with Crippen molar-refractivity contribution in [3.63, 3.8) is 0 Å². The number of nitrogens with one attached hydrogen (secondary N) is 1. The van der Waals surface area contributed by atoms with Gasteiger partial charge in [0.05, 0.1) is 24.3 Å². The van der Waals surface area contributed by atoms with Gasteiger partial charge in [-0.2, -0.15) is 0 Å². The largest absolute Gasteiger partial charge is 0.504 e. The van der Waals surface area contributed by atoms with Gasteiger partial charge < -0.3 is 20.1 Å². The van der Waals surface area contributed by atoms with Crippen LogP contribution >= 0.6 is 11.6 Å². The van der Waals surface area contributed by atoms with E-state index in [1.165, 1.54) is 24.5 Å². The molecular weight excluding hydrogens is 418 g/mol. The number of rotatable bonds is 6. The van der Waals surface area contributed by atoms with Crippen LogP contribution < -0.4 is 10.1 Å². The van der Waals surface area contributed by atoms with Gasteiger partial charge in [-0.3, -0.25) is 4.79 Å². The van der Waals surface area contributed by atoms with Crippen LogP contribution in [0.3, 0.4) is 0 Å². The van der Waals surface area contributed by atoms with Gasteiger partial charge in [0.1, 0.15) is 35.4 Å². The smallest absolute Gasteiger partial charge is 0.168 e. The molecule has 7 nitrogen and oxygen atoms in total. The monoisotopic (exact) mass is 432 g/mol. The summed E-state index contributed by atoms with van der Waals surface area (Å²) < 4.78 is 33.5. The number of likely N-dealkylation sites (tertiary alicyclic amines) is 1. The molecule has 0 radical (unpaired) electrons. The highest BCUT2D eigenvalue weighted by Crippen LogP contribution is 2.36. The SMILES string of the molecule is O=CC=CN1CC(Oc2cc3c(Nc4ccc(F)c(Cl)c4F)ncnc3cc2O)C1. The second kappa shape index (κ2) is 8.11. The van der Waals surface area contributed by atoms with Crippen LogP contribution in [-0.4, -0.2) is 45.5 Å². The van der Waals surface area contributed by atoms with Crippen LogP contribution in [0.2, 0.25) is 5.02 Å². The summed E-state index contributed by atoms with van der Waals surface area (Å²) in [6, 6.07) is 5.20. The maximum atomic E-state index is 14.3. The minimum absolute atomic E-state index is 0.0615. The normalized spacial score (nSPS) is 14.2. The molecule has 0 spiro atoms. The number of nitrogens with zero attached hydrogens (tertiary/aromatic N) is 3. The number of hydrogen-bond acceptors (Lipinski definition) is 7. The Bertz CT molecular complexity index is 1150. The molecule has 1 fully saturated rings. The fourth-order valence-electron chi connectivity index (χ4n) is 3.02. The Kier molecular flexibility index (Phi) is 5.37. The first-order chi connectivity index (χ1) is 14.5. The number of aromatic hydroxyl groups is 1. The van der Waals surface area contributed by atoms with Gasteiger partial charge >= 0.3 is 0 Å². The predicted octanol–water partition coefficient (Wildman–Crippen LogP) is 3.79. The molecule has 3 aromatic rings. The van der Waals surface area contributed by atoms with E-state index >= 15 is 0 Å². The summed E-state index contributed by atoms with van der Waals surface area (Å²) in [5.74, 6) is -1.48. The first kappa shape index (κ1) is 19.8. The van der Waals surface area contributed by atoms with Crippen LogP contribution in [0.25, 0.3) is 10.9 Å². The number of anilines is 2. The van der Waals surface area contributed by atoms with Gasteiger partial charge in [-0.1, -0.05) is 11.6 Å². The number of halogens is 3. The van der Waals surface area contributed by atoms with Crippen LogP contribution in [0, 0.1) is 11.6 Å². The number of benzene rings is 2. The highest BCUT2D eigenvalue weighted by Gasteiger charge is 2.27. The Hall–Kier alpha value is -3.46. The fraction of sp³-hybridized carbons (Fsp3) is 0.150. The second-order valence-corrected chi connectivity index (χ2v) is 6.96. The number of aromatic nitrogens is 2. The maximum Gasteiger partial charge on any atom is 0.168 e. The molecule has 1 aliphatic heterocycles. The molecule has 0 amide bonds. The fourth-order valence-corrected chi connectivity index (χ4v) is 3.18. The zero-order valence-corrected chi connectivity index (χ0v) is 16.1. The minimum Gasteiger partial charge on any atom is -0.504 e. The van der Waals surface area contributed by atoms with Crippen molar-refractivity contribution < 1.29 is 23.4 Å². The van der Waals surface area contributed by atoms with Gasteiger partial charge in [-0.15, -0.1) is 0 Å². The van der Waals surface area contributed by atoms with Crippen molar-refractivity contribution in [1.82, 2.24) is 14.9 Å². The lowest BCUT2D eigenvalue weighted by molar-refractivity contribution is -0.104. The molecule has 30 heavy (non-hydrogen) atoms. The number of carbonyl (C=O) groups is 1. The summed E-state index contributed by atoms with van der Waals surface area (Å²) in [6.45, 7) is 1.11. The Balaban J connectivity index is 1.61. The lowest BCUT2D eigenvalue weighted by atomic mass is 10.1. The molecule has 1 aromatic heterocycles. The number of phenols is 1. The first-order valence-corrected chi connectivity index (χ1v) is 9.25. The summed E-state index contributed by atoms with van der Waals surface area (Å²) >= 11 is 5.63. The molecule has 0 saturated carbocycles. The lowest BCUT2D eigenvalue weighted by Crippen LogP contribution is -2.50. The number of fused-ring (bicyclic) bond motifs is 1. The molecule has 2 aromatic carbocycles. The number of aldehydes is 1. The number of phenolic OH excluding ortho intramolecular Hbond substituents is 1. The van der Waals surface area contributed by atoms with Gasteiger partial charge in [0.15, 0.2) is 17.3 Å². The molecule has 10 heteroatoms. The maximum absolute atomic E-state index is 14.3. The van der Waals surface area contributed by atoms with E-state index in [4.69, 9.17) is 16.3 Å². The number of allylic oxidation sites excluding steroid dienone is 1. The third-order valence-corrected chi connectivity index (χ3v) is 4.90. The lowest BCUT2D eigenvalue weighted by Gasteiger charge is -2.38. The van der Waals surface area contributed by atoms with Gasteiger partial charge in [-0.05, 0) is 24.3 Å².